The molecule has 4 N–H and O–H groups in total. The van der Waals surface area contributed by atoms with Crippen LogP contribution in [0.4, 0.5) is 0 Å². The maximum absolute atomic E-state index is 14.6. The number of likely N-dealkylation sites (tertiary alicyclic amines) is 1. The van der Waals surface area contributed by atoms with Gasteiger partial charge in [-0.05, 0) is 75.3 Å². The highest BCUT2D eigenvalue weighted by Crippen LogP contribution is 2.42. The van der Waals surface area contributed by atoms with E-state index in [1.165, 1.54) is 30.2 Å². The maximum Gasteiger partial charge on any atom is 0.355 e. The Hall–Kier alpha value is -5.71. The lowest BCUT2D eigenvalue weighted by Gasteiger charge is -2.40. The number of aromatic nitrogens is 3. The summed E-state index contributed by atoms with van der Waals surface area (Å²) in [5, 5.41) is 30.8. The fourth-order valence-corrected chi connectivity index (χ4v) is 10.4. The van der Waals surface area contributed by atoms with Crippen molar-refractivity contribution in [3.05, 3.63) is 58.2 Å². The predicted octanol–water partition coefficient (Wildman–Crippen LogP) is 3.99. The number of cyclic esters (lactones) is 1. The normalized spacial score (nSPS) is 23.0. The van der Waals surface area contributed by atoms with Gasteiger partial charge < -0.3 is 39.4 Å². The van der Waals surface area contributed by atoms with Crippen LogP contribution >= 0.6 is 11.3 Å². The topological polar surface area (TPSA) is 209 Å². The Labute approximate surface area is 395 Å². The number of benzene rings is 1. The van der Waals surface area contributed by atoms with Gasteiger partial charge in [0.25, 0.3) is 17.7 Å². The van der Waals surface area contributed by atoms with E-state index in [0.717, 1.165) is 48.9 Å². The number of rotatable bonds is 9. The minimum Gasteiger partial charge on any atom is -0.462 e. The van der Waals surface area contributed by atoms with Crippen LogP contribution in [0.5, 0.6) is 0 Å². The molecule has 2 saturated heterocycles. The van der Waals surface area contributed by atoms with E-state index in [0.29, 0.717) is 23.7 Å². The molecule has 18 heteroatoms. The lowest BCUT2D eigenvalue weighted by Crippen LogP contribution is -2.67. The first-order chi connectivity index (χ1) is 31.7. The van der Waals surface area contributed by atoms with Crippen LogP contribution in [0.2, 0.25) is 0 Å². The molecule has 0 aliphatic carbocycles. The van der Waals surface area contributed by atoms with Crippen LogP contribution in [0, 0.1) is 23.2 Å². The van der Waals surface area contributed by atoms with Gasteiger partial charge in [0, 0.05) is 92.1 Å². The van der Waals surface area contributed by atoms with Crippen LogP contribution in [0.15, 0.2) is 41.9 Å². The zero-order chi connectivity index (χ0) is 48.6. The van der Waals surface area contributed by atoms with E-state index in [4.69, 9.17) is 19.4 Å². The fraction of sp³-hybridized carbons (Fsp3) is 0.531. The molecule has 2 fully saturated rings. The molecule has 3 aliphatic rings. The third kappa shape index (κ3) is 9.84. The number of hydrogen-bond acceptors (Lipinski definition) is 13. The number of nitrogens with zero attached hydrogens (tertiary/aromatic N) is 6. The highest BCUT2D eigenvalue weighted by Gasteiger charge is 2.49. The minimum atomic E-state index is -2.26. The van der Waals surface area contributed by atoms with Crippen molar-refractivity contribution in [2.75, 3.05) is 40.4 Å². The van der Waals surface area contributed by atoms with Gasteiger partial charge in [-0.25, -0.2) is 9.78 Å². The quantitative estimate of drug-likeness (QED) is 0.139. The number of nitrogens with one attached hydrogen (secondary N) is 2. The first-order valence-electron chi connectivity index (χ1n) is 22.8. The Morgan fingerprint density at radius 1 is 1.13 bits per heavy atom. The number of thiazole rings is 1. The van der Waals surface area contributed by atoms with Crippen molar-refractivity contribution < 1.29 is 43.7 Å². The molecule has 0 radical (unpaired) electrons. The largest absolute Gasteiger partial charge is 0.462 e. The molecule has 17 nitrogen and oxygen atoms in total. The monoisotopic (exact) mass is 938 g/mol. The smallest absolute Gasteiger partial charge is 0.355 e. The second-order valence-electron chi connectivity index (χ2n) is 19.0. The third-order valence-corrected chi connectivity index (χ3v) is 13.9. The average molecular weight is 939 g/mol. The van der Waals surface area contributed by atoms with Crippen LogP contribution in [-0.2, 0) is 52.8 Å². The second kappa shape index (κ2) is 19.5. The van der Waals surface area contributed by atoms with Crippen molar-refractivity contribution >= 4 is 51.8 Å². The molecule has 6 heterocycles. The summed E-state index contributed by atoms with van der Waals surface area (Å²) in [6.45, 7) is 13.6. The molecule has 7 rings (SSSR count). The van der Waals surface area contributed by atoms with Gasteiger partial charge in [-0.15, -0.1) is 11.3 Å². The number of hydrazine groups is 1. The van der Waals surface area contributed by atoms with Crippen molar-refractivity contribution in [3.63, 3.8) is 0 Å². The SMILES string of the molecule is CC#CC(=O)N1CC[C@@](O)(C(=O)N(C)[C@H](C(=O)N[C@H]2Cc3nc(cs3)-c3ccc4c(c3)c(c(-c3cccnc3[C@H](C)OC)n4CC)CC(C)(C)COC(=O)[C@@]3(O)CCCN(N3)C2=O)C(C)C)C1. The lowest BCUT2D eigenvalue weighted by molar-refractivity contribution is -0.189. The van der Waals surface area contributed by atoms with Gasteiger partial charge in [0.15, 0.2) is 5.60 Å². The number of carbonyl (C=O) groups excluding carboxylic acids is 5. The number of pyridine rings is 1. The standard InChI is InChI=1S/C49H62N8O9S/c1-10-14-39(58)55-22-19-48(63,27-55)45(61)54(8)41(29(3)4)43(59)52-35-24-38-51-36(26-67-38)31-16-17-37-33(23-31)34(42(56(37)11-2)32-15-12-20-50-40(32)30(5)65-9)25-47(6,7)28-66-46(62)49(64)18-13-21-57(53-49)44(35)60/h12,15-17,20,23,26,29-30,35,41,53,63-64H,11,13,18-19,21-22,24-25,27-28H2,1-9H3,(H,52,59)/t30-,35-,41-,48-,49-/m0/s1. The van der Waals surface area contributed by atoms with Crippen LogP contribution in [0.1, 0.15) is 90.1 Å². The second-order valence-corrected chi connectivity index (χ2v) is 19.9. The van der Waals surface area contributed by atoms with Gasteiger partial charge in [-0.1, -0.05) is 39.7 Å². The Balaban J connectivity index is 1.28. The summed E-state index contributed by atoms with van der Waals surface area (Å²) in [6, 6.07) is 7.72. The fourth-order valence-electron chi connectivity index (χ4n) is 9.57. The van der Waals surface area contributed by atoms with E-state index in [2.05, 4.69) is 46.2 Å². The van der Waals surface area contributed by atoms with Gasteiger partial charge in [-0.2, -0.15) is 5.43 Å². The first-order valence-corrected chi connectivity index (χ1v) is 23.7. The highest BCUT2D eigenvalue weighted by atomic mass is 32.1. The van der Waals surface area contributed by atoms with E-state index in [-0.39, 0.29) is 58.0 Å². The number of aliphatic hydroxyl groups is 2. The Bertz CT molecular complexity index is 2630. The van der Waals surface area contributed by atoms with Crippen molar-refractivity contribution in [1.82, 2.24) is 40.1 Å². The molecule has 5 atom stereocenters. The lowest BCUT2D eigenvalue weighted by atomic mass is 9.84. The molecule has 6 bridgehead atoms. The summed E-state index contributed by atoms with van der Waals surface area (Å²) in [6.07, 6.45) is 2.00. The van der Waals surface area contributed by atoms with Gasteiger partial charge in [0.2, 0.25) is 11.6 Å². The van der Waals surface area contributed by atoms with Crippen LogP contribution in [0.25, 0.3) is 33.4 Å². The summed E-state index contributed by atoms with van der Waals surface area (Å²) < 4.78 is 14.0. The first kappa shape index (κ1) is 49.2. The van der Waals surface area contributed by atoms with Crippen molar-refractivity contribution in [1.29, 1.82) is 0 Å². The number of ether oxygens (including phenoxy) is 2. The number of β-amino-alcohol motifs (C(OH)–C–C–N with tert-alkyl or cyclic N) is 1. The van der Waals surface area contributed by atoms with E-state index in [9.17, 15) is 34.2 Å². The highest BCUT2D eigenvalue weighted by molar-refractivity contribution is 7.10. The molecule has 0 unspecified atom stereocenters. The number of aryl methyl sites for hydroxylation is 1. The van der Waals surface area contributed by atoms with Gasteiger partial charge in [0.05, 0.1) is 41.3 Å². The Kier molecular flexibility index (Phi) is 14.3. The van der Waals surface area contributed by atoms with Crippen LogP contribution < -0.4 is 10.7 Å². The van der Waals surface area contributed by atoms with Crippen molar-refractivity contribution in [2.45, 2.75) is 117 Å². The van der Waals surface area contributed by atoms with Crippen LogP contribution in [-0.4, -0.2) is 133 Å². The van der Waals surface area contributed by atoms with Crippen molar-refractivity contribution in [2.24, 2.45) is 11.3 Å². The third-order valence-electron chi connectivity index (χ3n) is 13.1. The predicted molar refractivity (Wildman–Crippen MR) is 251 cm³/mol. The van der Waals surface area contributed by atoms with E-state index in [1.54, 1.807) is 27.2 Å². The van der Waals surface area contributed by atoms with Crippen molar-refractivity contribution in [3.8, 4) is 34.4 Å². The molecule has 3 aliphatic heterocycles. The maximum atomic E-state index is 14.6. The summed E-state index contributed by atoms with van der Waals surface area (Å²) in [5.74, 6) is 0.957. The molecule has 67 heavy (non-hydrogen) atoms. The molecule has 358 valence electrons. The van der Waals surface area contributed by atoms with E-state index in [1.807, 2.05) is 44.4 Å². The van der Waals surface area contributed by atoms with E-state index < -0.39 is 64.3 Å². The zero-order valence-corrected chi connectivity index (χ0v) is 40.6. The van der Waals surface area contributed by atoms with Crippen LogP contribution in [0.3, 0.4) is 0 Å². The molecule has 0 spiro atoms. The average Bonchev–Trinajstić information content (AvgIpc) is 4.02. The summed E-state index contributed by atoms with van der Waals surface area (Å²) in [7, 11) is 3.07. The molecule has 1 aromatic carbocycles. The summed E-state index contributed by atoms with van der Waals surface area (Å²) >= 11 is 1.32. The number of fused-ring (bicyclic) bond motifs is 6. The Morgan fingerprint density at radius 2 is 1.90 bits per heavy atom. The number of amides is 4. The minimum absolute atomic E-state index is 0.0411. The molecule has 0 saturated carbocycles. The Morgan fingerprint density at radius 3 is 2.60 bits per heavy atom. The van der Waals surface area contributed by atoms with Gasteiger partial charge in [0.1, 0.15) is 12.1 Å². The molecular weight excluding hydrogens is 877 g/mol. The number of carbonyl (C=O) groups is 5. The molecule has 4 amide bonds. The van der Waals surface area contributed by atoms with Gasteiger partial charge >= 0.3 is 5.97 Å². The molecular formula is C49H62N8O9S. The number of hydrogen-bond donors (Lipinski definition) is 4. The molecule has 3 aromatic heterocycles. The zero-order valence-electron chi connectivity index (χ0n) is 39.8. The summed E-state index contributed by atoms with van der Waals surface area (Å²) in [5.41, 5.74) is 4.03. The number of methoxy groups -OCH3 is 1. The summed E-state index contributed by atoms with van der Waals surface area (Å²) in [4.78, 5) is 81.8. The number of likely N-dealkylation sites (N-methyl/N-ethyl adjacent to an activating group) is 1. The number of esters is 1. The molecule has 4 aromatic rings. The van der Waals surface area contributed by atoms with Gasteiger partial charge in [-0.3, -0.25) is 29.2 Å². The van der Waals surface area contributed by atoms with E-state index >= 15 is 0 Å².